The Hall–Kier alpha value is -3.16. The first-order valence-electron chi connectivity index (χ1n) is 8.36. The molecule has 3 aromatic rings. The fraction of sp³-hybridized carbons (Fsp3) is 0.278. The Morgan fingerprint density at radius 1 is 1.23 bits per heavy atom. The minimum absolute atomic E-state index is 0.211. The zero-order valence-corrected chi connectivity index (χ0v) is 14.7. The largest absolute Gasteiger partial charge is 0.387 e. The monoisotopic (exact) mass is 353 g/mol. The number of nitrogens with zero attached hydrogens (tertiary/aromatic N) is 6. The lowest BCUT2D eigenvalue weighted by Gasteiger charge is -2.11. The van der Waals surface area contributed by atoms with Crippen LogP contribution in [0.5, 0.6) is 0 Å². The second kappa shape index (κ2) is 7.81. The Balaban J connectivity index is 1.96. The molecule has 0 aliphatic rings. The molecule has 0 saturated heterocycles. The first-order chi connectivity index (χ1) is 12.6. The summed E-state index contributed by atoms with van der Waals surface area (Å²) in [5.74, 6) is 0.950. The Kier molecular flexibility index (Phi) is 5.31. The Morgan fingerprint density at radius 2 is 2.08 bits per heavy atom. The number of nitrogens with two attached hydrogens (primary N) is 1. The second-order valence-corrected chi connectivity index (χ2v) is 5.84. The summed E-state index contributed by atoms with van der Waals surface area (Å²) in [7, 11) is 0. The first kappa shape index (κ1) is 17.7. The van der Waals surface area contributed by atoms with Gasteiger partial charge in [-0.1, -0.05) is 13.3 Å². The lowest BCUT2D eigenvalue weighted by molar-refractivity contribution is 0.621. The summed E-state index contributed by atoms with van der Waals surface area (Å²) in [5, 5.41) is 0. The van der Waals surface area contributed by atoms with Gasteiger partial charge in [-0.05, 0) is 25.5 Å². The maximum absolute atomic E-state index is 14.1. The van der Waals surface area contributed by atoms with Crippen LogP contribution in [0.1, 0.15) is 31.7 Å². The van der Waals surface area contributed by atoms with Crippen molar-refractivity contribution < 1.29 is 4.39 Å². The molecule has 8 heteroatoms. The van der Waals surface area contributed by atoms with Crippen molar-refractivity contribution in [3.63, 3.8) is 0 Å². The van der Waals surface area contributed by atoms with Gasteiger partial charge in [-0.15, -0.1) is 0 Å². The van der Waals surface area contributed by atoms with Crippen molar-refractivity contribution in [2.24, 2.45) is 10.7 Å². The molecule has 0 amide bonds. The SMILES string of the molecule is CCCc1nc(N=C(C)N)cnc1Cn1ccnc1-c1ncccc1F. The molecule has 26 heavy (non-hydrogen) atoms. The summed E-state index contributed by atoms with van der Waals surface area (Å²) in [6, 6.07) is 2.92. The number of rotatable bonds is 6. The quantitative estimate of drug-likeness (QED) is 0.543. The molecule has 0 radical (unpaired) electrons. The van der Waals surface area contributed by atoms with Crippen LogP contribution in [-0.4, -0.2) is 30.3 Å². The van der Waals surface area contributed by atoms with Crippen LogP contribution < -0.4 is 5.73 Å². The van der Waals surface area contributed by atoms with Gasteiger partial charge in [-0.3, -0.25) is 4.98 Å². The number of hydrogen-bond acceptors (Lipinski definition) is 5. The molecule has 3 rings (SSSR count). The van der Waals surface area contributed by atoms with Crippen LogP contribution in [0.3, 0.4) is 0 Å². The molecule has 0 unspecified atom stereocenters. The highest BCUT2D eigenvalue weighted by Gasteiger charge is 2.15. The second-order valence-electron chi connectivity index (χ2n) is 5.84. The molecule has 3 heterocycles. The van der Waals surface area contributed by atoms with Crippen LogP contribution in [0.2, 0.25) is 0 Å². The topological polar surface area (TPSA) is 94.9 Å². The number of halogens is 1. The van der Waals surface area contributed by atoms with Crippen molar-refractivity contribution in [1.29, 1.82) is 0 Å². The fourth-order valence-electron chi connectivity index (χ4n) is 2.61. The predicted octanol–water partition coefficient (Wildman–Crippen LogP) is 2.88. The summed E-state index contributed by atoms with van der Waals surface area (Å²) >= 11 is 0. The molecule has 0 aromatic carbocycles. The van der Waals surface area contributed by atoms with E-state index >= 15 is 0 Å². The average molecular weight is 353 g/mol. The molecule has 0 aliphatic heterocycles. The van der Waals surface area contributed by atoms with E-state index in [0.29, 0.717) is 24.0 Å². The molecule has 0 fully saturated rings. The molecule has 7 nitrogen and oxygen atoms in total. The number of hydrogen-bond donors (Lipinski definition) is 1. The highest BCUT2D eigenvalue weighted by atomic mass is 19.1. The Morgan fingerprint density at radius 3 is 2.81 bits per heavy atom. The normalized spacial score (nSPS) is 11.7. The van der Waals surface area contributed by atoms with Crippen LogP contribution in [-0.2, 0) is 13.0 Å². The number of pyridine rings is 1. The van der Waals surface area contributed by atoms with E-state index in [1.807, 2.05) is 4.57 Å². The molecule has 0 bridgehead atoms. The van der Waals surface area contributed by atoms with Crippen molar-refractivity contribution in [2.45, 2.75) is 33.2 Å². The predicted molar refractivity (Wildman–Crippen MR) is 97.5 cm³/mol. The number of aliphatic imine (C=N–C) groups is 1. The number of aromatic nitrogens is 5. The molecular formula is C18H20FN7. The van der Waals surface area contributed by atoms with Gasteiger partial charge in [-0.25, -0.2) is 24.3 Å². The highest BCUT2D eigenvalue weighted by molar-refractivity contribution is 5.79. The molecule has 2 N–H and O–H groups in total. The average Bonchev–Trinajstić information content (AvgIpc) is 3.05. The van der Waals surface area contributed by atoms with E-state index in [-0.39, 0.29) is 5.69 Å². The first-order valence-corrected chi connectivity index (χ1v) is 8.36. The third-order valence-electron chi connectivity index (χ3n) is 3.70. The van der Waals surface area contributed by atoms with E-state index < -0.39 is 5.82 Å². The van der Waals surface area contributed by atoms with Crippen LogP contribution in [0.25, 0.3) is 11.5 Å². The molecule has 134 valence electrons. The van der Waals surface area contributed by atoms with E-state index in [2.05, 4.69) is 31.9 Å². The smallest absolute Gasteiger partial charge is 0.172 e. The molecule has 0 spiro atoms. The van der Waals surface area contributed by atoms with Gasteiger partial charge < -0.3 is 10.3 Å². The maximum atomic E-state index is 14.1. The lowest BCUT2D eigenvalue weighted by Crippen LogP contribution is -2.10. The third-order valence-corrected chi connectivity index (χ3v) is 3.70. The molecule has 0 atom stereocenters. The summed E-state index contributed by atoms with van der Waals surface area (Å²) < 4.78 is 15.9. The highest BCUT2D eigenvalue weighted by Crippen LogP contribution is 2.20. The van der Waals surface area contributed by atoms with E-state index in [1.165, 1.54) is 6.07 Å². The molecule has 0 aliphatic carbocycles. The molecule has 3 aromatic heterocycles. The van der Waals surface area contributed by atoms with Gasteiger partial charge >= 0.3 is 0 Å². The number of amidine groups is 1. The van der Waals surface area contributed by atoms with E-state index in [4.69, 9.17) is 5.73 Å². The van der Waals surface area contributed by atoms with Gasteiger partial charge in [0.05, 0.1) is 30.0 Å². The van der Waals surface area contributed by atoms with Crippen molar-refractivity contribution in [2.75, 3.05) is 0 Å². The van der Waals surface area contributed by atoms with Crippen molar-refractivity contribution in [3.8, 4) is 11.5 Å². The lowest BCUT2D eigenvalue weighted by atomic mass is 10.2. The maximum Gasteiger partial charge on any atom is 0.172 e. The standard InChI is InChI=1S/C18H20FN7/c1-3-5-14-15(23-10-16(25-14)24-12(2)20)11-26-9-8-22-18(26)17-13(19)6-4-7-21-17/h4,6-10H,3,5,11H2,1-2H3,(H2,20,24,25). The van der Waals surface area contributed by atoms with E-state index in [1.54, 1.807) is 37.8 Å². The van der Waals surface area contributed by atoms with Crippen LogP contribution >= 0.6 is 0 Å². The van der Waals surface area contributed by atoms with Crippen LogP contribution in [0, 0.1) is 5.82 Å². The van der Waals surface area contributed by atoms with E-state index in [9.17, 15) is 4.39 Å². The Bertz CT molecular complexity index is 929. The van der Waals surface area contributed by atoms with Gasteiger partial charge in [-0.2, -0.15) is 0 Å². The minimum Gasteiger partial charge on any atom is -0.387 e. The van der Waals surface area contributed by atoms with Gasteiger partial charge in [0.1, 0.15) is 5.69 Å². The van der Waals surface area contributed by atoms with Crippen molar-refractivity contribution in [1.82, 2.24) is 24.5 Å². The number of imidazole rings is 1. The van der Waals surface area contributed by atoms with Gasteiger partial charge in [0.15, 0.2) is 17.5 Å². The summed E-state index contributed by atoms with van der Waals surface area (Å²) in [5.41, 5.74) is 7.46. The molecule has 0 saturated carbocycles. The summed E-state index contributed by atoms with van der Waals surface area (Å²) in [6.45, 7) is 4.19. The van der Waals surface area contributed by atoms with E-state index in [0.717, 1.165) is 24.2 Å². The van der Waals surface area contributed by atoms with Crippen LogP contribution in [0.15, 0.2) is 41.9 Å². The van der Waals surface area contributed by atoms with Crippen molar-refractivity contribution >= 4 is 11.7 Å². The fourth-order valence-corrected chi connectivity index (χ4v) is 2.61. The van der Waals surface area contributed by atoms with Crippen LogP contribution in [0.4, 0.5) is 10.2 Å². The molecular weight excluding hydrogens is 333 g/mol. The van der Waals surface area contributed by atoms with Gasteiger partial charge in [0.2, 0.25) is 0 Å². The van der Waals surface area contributed by atoms with Gasteiger partial charge in [0, 0.05) is 18.6 Å². The van der Waals surface area contributed by atoms with Gasteiger partial charge in [0.25, 0.3) is 0 Å². The minimum atomic E-state index is -0.414. The zero-order valence-electron chi connectivity index (χ0n) is 14.7. The number of aryl methyl sites for hydroxylation is 1. The summed E-state index contributed by atoms with van der Waals surface area (Å²) in [6.07, 6.45) is 8.20. The Labute approximate surface area is 150 Å². The summed E-state index contributed by atoms with van der Waals surface area (Å²) in [4.78, 5) is 21.6. The zero-order chi connectivity index (χ0) is 18.5. The van der Waals surface area contributed by atoms with Crippen molar-refractivity contribution in [3.05, 3.63) is 54.1 Å². The third kappa shape index (κ3) is 3.90.